The molecule has 0 radical (unpaired) electrons. The Hall–Kier alpha value is -3.60. The van der Waals surface area contributed by atoms with E-state index in [0.29, 0.717) is 22.9 Å². The van der Waals surface area contributed by atoms with Crippen molar-refractivity contribution in [3.8, 4) is 0 Å². The van der Waals surface area contributed by atoms with Crippen LogP contribution in [-0.2, 0) is 0 Å². The lowest BCUT2D eigenvalue weighted by Gasteiger charge is -2.37. The Morgan fingerprint density at radius 1 is 0.939 bits per heavy atom. The summed E-state index contributed by atoms with van der Waals surface area (Å²) in [5.41, 5.74) is 4.81. The Morgan fingerprint density at radius 3 is 2.36 bits per heavy atom. The molecular weight excluding hydrogens is 410 g/mol. The number of para-hydroxylation sites is 2. The maximum absolute atomic E-state index is 13.3. The van der Waals surface area contributed by atoms with Crippen molar-refractivity contribution in [3.63, 3.8) is 0 Å². The molecule has 1 atom stereocenters. The molecule has 3 aromatic carbocycles. The molecule has 33 heavy (non-hydrogen) atoms. The van der Waals surface area contributed by atoms with Gasteiger partial charge in [-0.15, -0.1) is 0 Å². The number of nitrogens with zero attached hydrogens (tertiary/aromatic N) is 2. The number of anilines is 3. The second-order valence-electron chi connectivity index (χ2n) is 8.74. The zero-order chi connectivity index (χ0) is 23.4. The van der Waals surface area contributed by atoms with Gasteiger partial charge in [0, 0.05) is 36.4 Å². The van der Waals surface area contributed by atoms with Crippen LogP contribution < -0.4 is 15.1 Å². The van der Waals surface area contributed by atoms with Gasteiger partial charge in [0.25, 0.3) is 11.8 Å². The molecule has 1 aliphatic heterocycles. The van der Waals surface area contributed by atoms with Crippen molar-refractivity contribution in [2.75, 3.05) is 28.7 Å². The van der Waals surface area contributed by atoms with E-state index in [4.69, 9.17) is 0 Å². The van der Waals surface area contributed by atoms with Crippen LogP contribution in [-0.4, -0.2) is 31.4 Å². The van der Waals surface area contributed by atoms with Crippen LogP contribution in [0.15, 0.2) is 72.8 Å². The summed E-state index contributed by atoms with van der Waals surface area (Å²) in [5.74, 6) is -0.238. The Balaban J connectivity index is 1.50. The fraction of sp³-hybridized carbons (Fsp3) is 0.286. The molecule has 1 heterocycles. The summed E-state index contributed by atoms with van der Waals surface area (Å²) in [6.45, 7) is 5.17. The molecule has 3 aromatic rings. The summed E-state index contributed by atoms with van der Waals surface area (Å²) < 4.78 is 0. The third kappa shape index (κ3) is 4.92. The highest BCUT2D eigenvalue weighted by molar-refractivity contribution is 6.08. The summed E-state index contributed by atoms with van der Waals surface area (Å²) in [4.78, 5) is 30.0. The highest BCUT2D eigenvalue weighted by atomic mass is 16.2. The lowest BCUT2D eigenvalue weighted by molar-refractivity contribution is 0.0991. The highest BCUT2D eigenvalue weighted by Gasteiger charge is 2.24. The van der Waals surface area contributed by atoms with E-state index in [2.05, 4.69) is 23.2 Å². The standard InChI is InChI=1S/C28H31N3O2/c1-20-10-4-5-12-24(20)27(32)29-23-17-15-22(16-18-23)28(33)30(3)25-13-6-7-14-26(25)31-19-9-8-11-21(31)2/h4-7,10,12-18,21H,8-9,11,19H2,1-3H3,(H,29,32). The van der Waals surface area contributed by atoms with Gasteiger partial charge in [0.2, 0.25) is 0 Å². The smallest absolute Gasteiger partial charge is 0.258 e. The lowest BCUT2D eigenvalue weighted by atomic mass is 10.0. The van der Waals surface area contributed by atoms with Gasteiger partial charge in [-0.3, -0.25) is 9.59 Å². The Labute approximate surface area is 196 Å². The Morgan fingerprint density at radius 2 is 1.64 bits per heavy atom. The SMILES string of the molecule is Cc1ccccc1C(=O)Nc1ccc(C(=O)N(C)c2ccccc2N2CCCCC2C)cc1. The van der Waals surface area contributed by atoms with E-state index in [1.54, 1.807) is 35.2 Å². The highest BCUT2D eigenvalue weighted by Crippen LogP contribution is 2.33. The van der Waals surface area contributed by atoms with Crippen LogP contribution in [0.4, 0.5) is 17.1 Å². The zero-order valence-corrected chi connectivity index (χ0v) is 19.5. The lowest BCUT2D eigenvalue weighted by Crippen LogP contribution is -2.39. The minimum atomic E-state index is -0.158. The number of amides is 2. The first-order valence-electron chi connectivity index (χ1n) is 11.6. The van der Waals surface area contributed by atoms with Crippen LogP contribution >= 0.6 is 0 Å². The van der Waals surface area contributed by atoms with E-state index >= 15 is 0 Å². The zero-order valence-electron chi connectivity index (χ0n) is 19.5. The normalized spacial score (nSPS) is 15.7. The van der Waals surface area contributed by atoms with Crippen molar-refractivity contribution < 1.29 is 9.59 Å². The van der Waals surface area contributed by atoms with Crippen LogP contribution in [0, 0.1) is 6.92 Å². The molecule has 0 aromatic heterocycles. The molecule has 1 N–H and O–H groups in total. The van der Waals surface area contributed by atoms with E-state index in [9.17, 15) is 9.59 Å². The summed E-state index contributed by atoms with van der Waals surface area (Å²) >= 11 is 0. The van der Waals surface area contributed by atoms with Crippen molar-refractivity contribution in [2.45, 2.75) is 39.2 Å². The van der Waals surface area contributed by atoms with Gasteiger partial charge in [0.05, 0.1) is 11.4 Å². The molecule has 170 valence electrons. The number of nitrogens with one attached hydrogen (secondary N) is 1. The first-order chi connectivity index (χ1) is 16.0. The third-order valence-corrected chi connectivity index (χ3v) is 6.44. The maximum Gasteiger partial charge on any atom is 0.258 e. The molecule has 0 bridgehead atoms. The fourth-order valence-electron chi connectivity index (χ4n) is 4.47. The van der Waals surface area contributed by atoms with E-state index in [1.165, 1.54) is 19.3 Å². The van der Waals surface area contributed by atoms with E-state index in [-0.39, 0.29) is 11.8 Å². The monoisotopic (exact) mass is 441 g/mol. The molecule has 1 aliphatic rings. The van der Waals surface area contributed by atoms with Gasteiger partial charge in [-0.25, -0.2) is 0 Å². The van der Waals surface area contributed by atoms with Gasteiger partial charge < -0.3 is 15.1 Å². The summed E-state index contributed by atoms with van der Waals surface area (Å²) in [5, 5.41) is 2.91. The summed E-state index contributed by atoms with van der Waals surface area (Å²) in [7, 11) is 1.82. The van der Waals surface area contributed by atoms with Crippen LogP contribution in [0.25, 0.3) is 0 Å². The van der Waals surface area contributed by atoms with E-state index < -0.39 is 0 Å². The van der Waals surface area contributed by atoms with Crippen LogP contribution in [0.3, 0.4) is 0 Å². The summed E-state index contributed by atoms with van der Waals surface area (Å²) in [6.07, 6.45) is 3.59. The van der Waals surface area contributed by atoms with Crippen molar-refractivity contribution in [1.82, 2.24) is 0 Å². The number of carbonyl (C=O) groups excluding carboxylic acids is 2. The molecule has 5 heteroatoms. The number of carbonyl (C=O) groups is 2. The number of benzene rings is 3. The summed E-state index contributed by atoms with van der Waals surface area (Å²) in [6, 6.07) is 23.1. The second-order valence-corrected chi connectivity index (χ2v) is 8.74. The molecule has 2 amide bonds. The predicted octanol–water partition coefficient (Wildman–Crippen LogP) is 5.90. The van der Waals surface area contributed by atoms with E-state index in [1.807, 2.05) is 50.4 Å². The van der Waals surface area contributed by atoms with Gasteiger partial charge in [-0.2, -0.15) is 0 Å². The maximum atomic E-state index is 13.3. The second kappa shape index (κ2) is 9.90. The Kier molecular flexibility index (Phi) is 6.78. The molecule has 5 nitrogen and oxygen atoms in total. The number of rotatable bonds is 5. The van der Waals surface area contributed by atoms with Gasteiger partial charge in [0.1, 0.15) is 0 Å². The fourth-order valence-corrected chi connectivity index (χ4v) is 4.47. The minimum Gasteiger partial charge on any atom is -0.367 e. The quantitative estimate of drug-likeness (QED) is 0.536. The first-order valence-corrected chi connectivity index (χ1v) is 11.6. The number of hydrogen-bond donors (Lipinski definition) is 1. The Bertz CT molecular complexity index is 1140. The molecule has 0 spiro atoms. The van der Waals surface area contributed by atoms with Crippen LogP contribution in [0.5, 0.6) is 0 Å². The van der Waals surface area contributed by atoms with Crippen molar-refractivity contribution >= 4 is 28.9 Å². The number of hydrogen-bond acceptors (Lipinski definition) is 3. The first kappa shape index (κ1) is 22.6. The minimum absolute atomic E-state index is 0.0797. The van der Waals surface area contributed by atoms with Crippen LogP contribution in [0.2, 0.25) is 0 Å². The predicted molar refractivity (Wildman–Crippen MR) is 135 cm³/mol. The van der Waals surface area contributed by atoms with Gasteiger partial charge in [-0.1, -0.05) is 30.3 Å². The molecular formula is C28H31N3O2. The molecule has 1 unspecified atom stereocenters. The van der Waals surface area contributed by atoms with E-state index in [0.717, 1.165) is 23.5 Å². The molecule has 4 rings (SSSR count). The van der Waals surface area contributed by atoms with Gasteiger partial charge in [0.15, 0.2) is 0 Å². The van der Waals surface area contributed by atoms with Crippen molar-refractivity contribution in [3.05, 3.63) is 89.5 Å². The van der Waals surface area contributed by atoms with Gasteiger partial charge in [-0.05, 0) is 81.1 Å². The number of piperidine rings is 1. The largest absolute Gasteiger partial charge is 0.367 e. The third-order valence-electron chi connectivity index (χ3n) is 6.44. The topological polar surface area (TPSA) is 52.7 Å². The molecule has 0 saturated carbocycles. The number of aryl methyl sites for hydroxylation is 1. The average molecular weight is 442 g/mol. The van der Waals surface area contributed by atoms with Gasteiger partial charge >= 0.3 is 0 Å². The van der Waals surface area contributed by atoms with Crippen LogP contribution in [0.1, 0.15) is 52.5 Å². The molecule has 0 aliphatic carbocycles. The molecule has 1 fully saturated rings. The average Bonchev–Trinajstić information content (AvgIpc) is 2.84. The van der Waals surface area contributed by atoms with Crippen molar-refractivity contribution in [2.24, 2.45) is 0 Å². The van der Waals surface area contributed by atoms with Crippen molar-refractivity contribution in [1.29, 1.82) is 0 Å². The molecule has 1 saturated heterocycles.